The summed E-state index contributed by atoms with van der Waals surface area (Å²) in [6, 6.07) is 0. The number of carbonyl (C=O) groups is 1. The van der Waals surface area contributed by atoms with Crippen molar-refractivity contribution in [3.63, 3.8) is 0 Å². The first-order valence-corrected chi connectivity index (χ1v) is 5.07. The van der Waals surface area contributed by atoms with Crippen LogP contribution in [0.2, 0.25) is 0 Å². The third kappa shape index (κ3) is 2.37. The minimum absolute atomic E-state index is 0.0928. The fraction of sp³-hybridized carbons (Fsp3) is 0.636. The van der Waals surface area contributed by atoms with Gasteiger partial charge in [0.1, 0.15) is 0 Å². The molecule has 4 nitrogen and oxygen atoms in total. The van der Waals surface area contributed by atoms with Crippen LogP contribution in [-0.2, 0) is 18.3 Å². The summed E-state index contributed by atoms with van der Waals surface area (Å²) in [5.74, 6) is -0.656. The number of carboxylic acid groups (broad SMARTS) is 1. The van der Waals surface area contributed by atoms with Crippen LogP contribution in [0.5, 0.6) is 0 Å². The molecule has 0 bridgehead atoms. The lowest BCUT2D eigenvalue weighted by atomic mass is 9.75. The molecule has 15 heavy (non-hydrogen) atoms. The summed E-state index contributed by atoms with van der Waals surface area (Å²) in [7, 11) is 1.83. The number of hydrogen-bond acceptors (Lipinski definition) is 2. The molecule has 0 fully saturated rings. The van der Waals surface area contributed by atoms with Gasteiger partial charge >= 0.3 is 5.97 Å². The van der Waals surface area contributed by atoms with Crippen molar-refractivity contribution >= 4 is 5.97 Å². The van der Waals surface area contributed by atoms with Gasteiger partial charge in [-0.25, -0.2) is 0 Å². The van der Waals surface area contributed by atoms with Crippen LogP contribution in [0.4, 0.5) is 0 Å². The van der Waals surface area contributed by atoms with Crippen molar-refractivity contribution in [2.45, 2.75) is 27.2 Å². The highest BCUT2D eigenvalue weighted by Gasteiger charge is 2.36. The molecule has 0 spiro atoms. The predicted molar refractivity (Wildman–Crippen MR) is 57.5 cm³/mol. The number of aliphatic carboxylic acids is 1. The SMILES string of the molecule is CC(C)C(C)(Cc1cnn(C)c1)C(=O)O. The van der Waals surface area contributed by atoms with Crippen molar-refractivity contribution in [2.24, 2.45) is 18.4 Å². The fourth-order valence-electron chi connectivity index (χ4n) is 1.51. The molecule has 0 aliphatic rings. The standard InChI is InChI=1S/C11H18N2O2/c1-8(2)11(3,10(14)15)5-9-6-12-13(4)7-9/h6-8H,5H2,1-4H3,(H,14,15). The number of aromatic nitrogens is 2. The molecule has 0 amide bonds. The summed E-state index contributed by atoms with van der Waals surface area (Å²) in [5, 5.41) is 13.3. The summed E-state index contributed by atoms with van der Waals surface area (Å²) in [4.78, 5) is 11.2. The quantitative estimate of drug-likeness (QED) is 0.823. The second kappa shape index (κ2) is 4.04. The van der Waals surface area contributed by atoms with Crippen LogP contribution in [0.3, 0.4) is 0 Å². The first-order valence-electron chi connectivity index (χ1n) is 5.07. The van der Waals surface area contributed by atoms with Crippen LogP contribution in [0.15, 0.2) is 12.4 Å². The van der Waals surface area contributed by atoms with E-state index in [1.165, 1.54) is 0 Å². The number of aryl methyl sites for hydroxylation is 1. The normalized spacial score (nSPS) is 15.3. The van der Waals surface area contributed by atoms with E-state index in [-0.39, 0.29) is 5.92 Å². The maximum atomic E-state index is 11.2. The molecule has 1 aromatic rings. The van der Waals surface area contributed by atoms with Crippen LogP contribution in [0, 0.1) is 11.3 Å². The van der Waals surface area contributed by atoms with Gasteiger partial charge in [0.15, 0.2) is 0 Å². The van der Waals surface area contributed by atoms with Crippen LogP contribution in [-0.4, -0.2) is 20.9 Å². The Hall–Kier alpha value is -1.32. The minimum Gasteiger partial charge on any atom is -0.481 e. The van der Waals surface area contributed by atoms with Gasteiger partial charge < -0.3 is 5.11 Å². The second-order valence-electron chi connectivity index (χ2n) is 4.58. The summed E-state index contributed by atoms with van der Waals surface area (Å²) in [6.45, 7) is 5.65. The van der Waals surface area contributed by atoms with E-state index < -0.39 is 11.4 Å². The number of hydrogen-bond donors (Lipinski definition) is 1. The molecule has 1 aromatic heterocycles. The van der Waals surface area contributed by atoms with Gasteiger partial charge in [-0.3, -0.25) is 9.48 Å². The summed E-state index contributed by atoms with van der Waals surface area (Å²) in [6.07, 6.45) is 4.11. The molecule has 1 atom stereocenters. The van der Waals surface area contributed by atoms with Gasteiger partial charge in [-0.15, -0.1) is 0 Å². The third-order valence-corrected chi connectivity index (χ3v) is 3.09. The summed E-state index contributed by atoms with van der Waals surface area (Å²) < 4.78 is 1.69. The van der Waals surface area contributed by atoms with Crippen LogP contribution in [0.25, 0.3) is 0 Å². The largest absolute Gasteiger partial charge is 0.481 e. The van der Waals surface area contributed by atoms with Crippen molar-refractivity contribution < 1.29 is 9.90 Å². The smallest absolute Gasteiger partial charge is 0.309 e. The van der Waals surface area contributed by atoms with Gasteiger partial charge in [0.2, 0.25) is 0 Å². The van der Waals surface area contributed by atoms with Crippen LogP contribution < -0.4 is 0 Å². The Morgan fingerprint density at radius 3 is 2.60 bits per heavy atom. The van der Waals surface area contributed by atoms with E-state index >= 15 is 0 Å². The lowest BCUT2D eigenvalue weighted by Gasteiger charge is -2.28. The molecular weight excluding hydrogens is 192 g/mol. The molecule has 1 N–H and O–H groups in total. The zero-order chi connectivity index (χ0) is 11.6. The Bertz CT molecular complexity index is 357. The minimum atomic E-state index is -0.749. The van der Waals surface area contributed by atoms with E-state index in [9.17, 15) is 9.90 Å². The Labute approximate surface area is 89.9 Å². The molecular formula is C11H18N2O2. The van der Waals surface area contributed by atoms with Gasteiger partial charge in [0.05, 0.1) is 11.6 Å². The Balaban J connectivity index is 2.89. The number of carboxylic acids is 1. The molecule has 0 saturated heterocycles. The molecule has 1 unspecified atom stereocenters. The molecule has 0 aliphatic carbocycles. The van der Waals surface area contributed by atoms with E-state index in [4.69, 9.17) is 0 Å². The zero-order valence-corrected chi connectivity index (χ0v) is 9.69. The van der Waals surface area contributed by atoms with Gasteiger partial charge in [0.25, 0.3) is 0 Å². The molecule has 1 rings (SSSR count). The fourth-order valence-corrected chi connectivity index (χ4v) is 1.51. The second-order valence-corrected chi connectivity index (χ2v) is 4.58. The lowest BCUT2D eigenvalue weighted by Crippen LogP contribution is -2.35. The Morgan fingerprint density at radius 2 is 2.27 bits per heavy atom. The van der Waals surface area contributed by atoms with E-state index in [2.05, 4.69) is 5.10 Å². The number of nitrogens with zero attached hydrogens (tertiary/aromatic N) is 2. The molecule has 0 radical (unpaired) electrons. The highest BCUT2D eigenvalue weighted by molar-refractivity contribution is 5.74. The number of rotatable bonds is 4. The highest BCUT2D eigenvalue weighted by Crippen LogP contribution is 2.31. The lowest BCUT2D eigenvalue weighted by molar-refractivity contribution is -0.150. The van der Waals surface area contributed by atoms with E-state index in [0.29, 0.717) is 6.42 Å². The van der Waals surface area contributed by atoms with Crippen LogP contribution >= 0.6 is 0 Å². The van der Waals surface area contributed by atoms with Gasteiger partial charge in [-0.1, -0.05) is 13.8 Å². The van der Waals surface area contributed by atoms with E-state index in [1.807, 2.05) is 27.1 Å². The van der Waals surface area contributed by atoms with Crippen molar-refractivity contribution in [1.82, 2.24) is 9.78 Å². The average molecular weight is 210 g/mol. The third-order valence-electron chi connectivity index (χ3n) is 3.09. The highest BCUT2D eigenvalue weighted by atomic mass is 16.4. The monoisotopic (exact) mass is 210 g/mol. The molecule has 4 heteroatoms. The molecule has 0 aromatic carbocycles. The van der Waals surface area contributed by atoms with Crippen molar-refractivity contribution in [1.29, 1.82) is 0 Å². The van der Waals surface area contributed by atoms with Gasteiger partial charge in [-0.05, 0) is 24.8 Å². The Morgan fingerprint density at radius 1 is 1.67 bits per heavy atom. The maximum absolute atomic E-state index is 11.2. The van der Waals surface area contributed by atoms with Crippen LogP contribution in [0.1, 0.15) is 26.3 Å². The zero-order valence-electron chi connectivity index (χ0n) is 9.69. The molecule has 0 aliphatic heterocycles. The summed E-state index contributed by atoms with van der Waals surface area (Å²) in [5.41, 5.74) is 0.249. The van der Waals surface area contributed by atoms with Crippen molar-refractivity contribution in [2.75, 3.05) is 0 Å². The molecule has 1 heterocycles. The average Bonchev–Trinajstić information content (AvgIpc) is 2.50. The molecule has 0 saturated carbocycles. The summed E-state index contributed by atoms with van der Waals surface area (Å²) >= 11 is 0. The van der Waals surface area contributed by atoms with E-state index in [1.54, 1.807) is 17.8 Å². The Kier molecular flexibility index (Phi) is 3.17. The first-order chi connectivity index (χ1) is 6.86. The van der Waals surface area contributed by atoms with Gasteiger partial charge in [-0.2, -0.15) is 5.10 Å². The van der Waals surface area contributed by atoms with E-state index in [0.717, 1.165) is 5.56 Å². The first kappa shape index (κ1) is 11.8. The maximum Gasteiger partial charge on any atom is 0.309 e. The van der Waals surface area contributed by atoms with Crippen molar-refractivity contribution in [3.8, 4) is 0 Å². The molecule has 84 valence electrons. The van der Waals surface area contributed by atoms with Gasteiger partial charge in [0, 0.05) is 13.2 Å². The predicted octanol–water partition coefficient (Wildman–Crippen LogP) is 1.71. The topological polar surface area (TPSA) is 55.1 Å². The van der Waals surface area contributed by atoms with Crippen molar-refractivity contribution in [3.05, 3.63) is 18.0 Å².